The van der Waals surface area contributed by atoms with Gasteiger partial charge in [-0.3, -0.25) is 9.59 Å². The van der Waals surface area contributed by atoms with Crippen LogP contribution in [0.15, 0.2) is 0 Å². The van der Waals surface area contributed by atoms with Gasteiger partial charge in [0.05, 0.1) is 6.10 Å². The van der Waals surface area contributed by atoms with Gasteiger partial charge in [0.15, 0.2) is 12.4 Å². The number of esters is 2. The largest absolute Gasteiger partial charge is 0.463 e. The molecular weight excluding hydrogens is 232 g/mol. The van der Waals surface area contributed by atoms with Gasteiger partial charge in [0, 0.05) is 20.3 Å². The summed E-state index contributed by atoms with van der Waals surface area (Å²) in [6, 6.07) is 0. The van der Waals surface area contributed by atoms with Crippen molar-refractivity contribution in [1.82, 2.24) is 0 Å². The van der Waals surface area contributed by atoms with Crippen molar-refractivity contribution in [1.29, 1.82) is 0 Å². The molecule has 0 saturated carbocycles. The second-order valence-electron chi connectivity index (χ2n) is 3.82. The second-order valence-corrected chi connectivity index (χ2v) is 3.82. The molecule has 1 aliphatic rings. The maximum absolute atomic E-state index is 10.7. The monoisotopic (exact) mass is 248 g/mol. The molecule has 98 valence electrons. The minimum absolute atomic E-state index is 0.0344. The summed E-state index contributed by atoms with van der Waals surface area (Å²) < 4.78 is 14.5. The van der Waals surface area contributed by atoms with Crippen molar-refractivity contribution >= 4 is 11.9 Å². The van der Waals surface area contributed by atoms with Gasteiger partial charge in [-0.15, -0.1) is 0 Å². The smallest absolute Gasteiger partial charge is 0.303 e. The van der Waals surface area contributed by atoms with Crippen LogP contribution in [-0.2, 0) is 23.8 Å². The molecule has 7 heteroatoms. The summed E-state index contributed by atoms with van der Waals surface area (Å²) in [6.07, 6.45) is -3.99. The fourth-order valence-electron chi connectivity index (χ4n) is 1.53. The Kier molecular flexibility index (Phi) is 4.86. The van der Waals surface area contributed by atoms with E-state index >= 15 is 0 Å². The predicted octanol–water partition coefficient (Wildman–Crippen LogP) is -1.05. The average molecular weight is 248 g/mol. The summed E-state index contributed by atoms with van der Waals surface area (Å²) in [6.45, 7) is 2.28. The molecule has 0 aliphatic carbocycles. The van der Waals surface area contributed by atoms with Crippen LogP contribution in [0, 0.1) is 0 Å². The van der Waals surface area contributed by atoms with Crippen LogP contribution in [0.3, 0.4) is 0 Å². The zero-order valence-corrected chi connectivity index (χ0v) is 9.66. The van der Waals surface area contributed by atoms with Crippen molar-refractivity contribution in [3.8, 4) is 0 Å². The molecule has 1 rings (SSSR count). The third-order valence-corrected chi connectivity index (χ3v) is 2.30. The number of hydrogen-bond donors (Lipinski definition) is 2. The summed E-state index contributed by atoms with van der Waals surface area (Å²) in [4.78, 5) is 21.3. The number of ether oxygens (including phenoxy) is 3. The van der Waals surface area contributed by atoms with Crippen LogP contribution in [0.2, 0.25) is 0 Å². The average Bonchev–Trinajstić information content (AvgIpc) is 2.20. The fraction of sp³-hybridized carbons (Fsp3) is 0.800. The molecule has 1 fully saturated rings. The molecule has 17 heavy (non-hydrogen) atoms. The lowest BCUT2D eigenvalue weighted by Crippen LogP contribution is -2.50. The Hall–Kier alpha value is -1.18. The minimum Gasteiger partial charge on any atom is -0.463 e. The van der Waals surface area contributed by atoms with E-state index in [2.05, 4.69) is 4.74 Å². The van der Waals surface area contributed by atoms with Crippen LogP contribution < -0.4 is 0 Å². The van der Waals surface area contributed by atoms with Gasteiger partial charge in [-0.2, -0.15) is 0 Å². The molecule has 2 N–H and O–H groups in total. The number of aliphatic hydroxyl groups is 2. The Labute approximate surface area is 98.3 Å². The van der Waals surface area contributed by atoms with Crippen molar-refractivity contribution in [3.05, 3.63) is 0 Å². The van der Waals surface area contributed by atoms with E-state index in [9.17, 15) is 19.8 Å². The number of aliphatic hydroxyl groups excluding tert-OH is 2. The normalized spacial score (nSPS) is 32.9. The van der Waals surface area contributed by atoms with Crippen LogP contribution >= 0.6 is 0 Å². The Morgan fingerprint density at radius 1 is 1.29 bits per heavy atom. The van der Waals surface area contributed by atoms with Crippen LogP contribution in [-0.4, -0.2) is 53.4 Å². The molecule has 1 aliphatic heterocycles. The van der Waals surface area contributed by atoms with Gasteiger partial charge in [0.25, 0.3) is 0 Å². The maximum atomic E-state index is 10.7. The lowest BCUT2D eigenvalue weighted by Gasteiger charge is -2.35. The molecule has 0 aromatic rings. The highest BCUT2D eigenvalue weighted by Crippen LogP contribution is 2.21. The zero-order valence-electron chi connectivity index (χ0n) is 9.66. The topological polar surface area (TPSA) is 102 Å². The zero-order chi connectivity index (χ0) is 13.0. The standard InChI is InChI=1S/C10H16O7/c1-5(11)15-4-9-7(13)3-8(10(14)17-9)16-6(2)12/h7-10,13-14H,3-4H2,1-2H3/t7-,8-,9-,10+/m1/s1. The molecule has 7 nitrogen and oxygen atoms in total. The number of hydrogen-bond acceptors (Lipinski definition) is 7. The van der Waals surface area contributed by atoms with Crippen molar-refractivity contribution in [2.24, 2.45) is 0 Å². The van der Waals surface area contributed by atoms with Crippen molar-refractivity contribution in [2.75, 3.05) is 6.61 Å². The summed E-state index contributed by atoms with van der Waals surface area (Å²) in [7, 11) is 0. The molecule has 0 bridgehead atoms. The van der Waals surface area contributed by atoms with Crippen LogP contribution in [0.1, 0.15) is 20.3 Å². The fourth-order valence-corrected chi connectivity index (χ4v) is 1.53. The Morgan fingerprint density at radius 3 is 2.47 bits per heavy atom. The molecule has 0 unspecified atom stereocenters. The molecule has 0 amide bonds. The third-order valence-electron chi connectivity index (χ3n) is 2.30. The Bertz CT molecular complexity index is 290. The van der Waals surface area contributed by atoms with E-state index in [4.69, 9.17) is 9.47 Å². The second kappa shape index (κ2) is 5.95. The quantitative estimate of drug-likeness (QED) is 0.614. The van der Waals surface area contributed by atoms with E-state index in [1.165, 1.54) is 13.8 Å². The molecule has 0 aromatic carbocycles. The molecule has 0 aromatic heterocycles. The summed E-state index contributed by atoms with van der Waals surface area (Å²) in [5.74, 6) is -1.07. The molecular formula is C10H16O7. The third kappa shape index (κ3) is 4.29. The van der Waals surface area contributed by atoms with Gasteiger partial charge in [-0.25, -0.2) is 0 Å². The van der Waals surface area contributed by atoms with E-state index in [1.807, 2.05) is 0 Å². The van der Waals surface area contributed by atoms with Gasteiger partial charge < -0.3 is 24.4 Å². The Balaban J connectivity index is 2.48. The van der Waals surface area contributed by atoms with E-state index < -0.39 is 36.5 Å². The van der Waals surface area contributed by atoms with Crippen LogP contribution in [0.25, 0.3) is 0 Å². The number of rotatable bonds is 3. The summed E-state index contributed by atoms with van der Waals surface area (Å²) >= 11 is 0. The van der Waals surface area contributed by atoms with E-state index in [1.54, 1.807) is 0 Å². The highest BCUT2D eigenvalue weighted by atomic mass is 16.7. The first-order valence-corrected chi connectivity index (χ1v) is 5.22. The number of carbonyl (C=O) groups excluding carboxylic acids is 2. The molecule has 1 saturated heterocycles. The van der Waals surface area contributed by atoms with Crippen LogP contribution in [0.4, 0.5) is 0 Å². The first kappa shape index (κ1) is 13.9. The Morgan fingerprint density at radius 2 is 1.94 bits per heavy atom. The highest BCUT2D eigenvalue weighted by Gasteiger charge is 2.38. The van der Waals surface area contributed by atoms with Gasteiger partial charge in [-0.1, -0.05) is 0 Å². The predicted molar refractivity (Wildman–Crippen MR) is 53.7 cm³/mol. The van der Waals surface area contributed by atoms with Crippen LogP contribution in [0.5, 0.6) is 0 Å². The van der Waals surface area contributed by atoms with Gasteiger partial charge >= 0.3 is 11.9 Å². The SMILES string of the molecule is CC(=O)OC[C@H]1O[C@H](O)[C@H](OC(C)=O)C[C@H]1O. The van der Waals surface area contributed by atoms with Gasteiger partial charge in [0.1, 0.15) is 12.7 Å². The van der Waals surface area contributed by atoms with E-state index in [0.29, 0.717) is 0 Å². The maximum Gasteiger partial charge on any atom is 0.303 e. The lowest BCUT2D eigenvalue weighted by molar-refractivity contribution is -0.258. The molecule has 0 radical (unpaired) electrons. The summed E-state index contributed by atoms with van der Waals surface area (Å²) in [5, 5.41) is 19.2. The van der Waals surface area contributed by atoms with Gasteiger partial charge in [-0.05, 0) is 0 Å². The molecule has 1 heterocycles. The highest BCUT2D eigenvalue weighted by molar-refractivity contribution is 5.66. The minimum atomic E-state index is -1.33. The first-order chi connectivity index (χ1) is 7.90. The molecule has 0 spiro atoms. The van der Waals surface area contributed by atoms with E-state index in [0.717, 1.165) is 0 Å². The number of carbonyl (C=O) groups is 2. The summed E-state index contributed by atoms with van der Waals surface area (Å²) in [5.41, 5.74) is 0. The lowest BCUT2D eigenvalue weighted by atomic mass is 10.0. The van der Waals surface area contributed by atoms with E-state index in [-0.39, 0.29) is 13.0 Å². The van der Waals surface area contributed by atoms with Crippen molar-refractivity contribution in [3.63, 3.8) is 0 Å². The first-order valence-electron chi connectivity index (χ1n) is 5.22. The van der Waals surface area contributed by atoms with Crippen molar-refractivity contribution in [2.45, 2.75) is 44.9 Å². The molecule has 4 atom stereocenters. The van der Waals surface area contributed by atoms with Gasteiger partial charge in [0.2, 0.25) is 0 Å². The van der Waals surface area contributed by atoms with Crippen molar-refractivity contribution < 1.29 is 34.0 Å².